The molecule has 1 amide bonds. The Bertz CT molecular complexity index is 532. The SMILES string of the molecule is Cc1c(C)c(C)c(C(=O)NC(C)CC(=O)O)c(C)c1C. The lowest BCUT2D eigenvalue weighted by Gasteiger charge is -2.20. The van der Waals surface area contributed by atoms with Crippen LogP contribution in [0.4, 0.5) is 0 Å². The Morgan fingerprint density at radius 2 is 1.35 bits per heavy atom. The molecular weight excluding hydrogens is 254 g/mol. The fourth-order valence-electron chi connectivity index (χ4n) is 2.45. The highest BCUT2D eigenvalue weighted by molar-refractivity contribution is 5.98. The van der Waals surface area contributed by atoms with Crippen molar-refractivity contribution in [1.82, 2.24) is 5.32 Å². The third-order valence-electron chi connectivity index (χ3n) is 4.09. The molecule has 110 valence electrons. The van der Waals surface area contributed by atoms with Crippen LogP contribution < -0.4 is 5.32 Å². The van der Waals surface area contributed by atoms with Gasteiger partial charge in [0.25, 0.3) is 5.91 Å². The molecule has 20 heavy (non-hydrogen) atoms. The Balaban J connectivity index is 3.14. The normalized spacial score (nSPS) is 12.1. The van der Waals surface area contributed by atoms with Crippen molar-refractivity contribution in [3.05, 3.63) is 33.4 Å². The molecule has 0 aromatic heterocycles. The summed E-state index contributed by atoms with van der Waals surface area (Å²) < 4.78 is 0. The highest BCUT2D eigenvalue weighted by Gasteiger charge is 2.20. The third kappa shape index (κ3) is 3.18. The van der Waals surface area contributed by atoms with Gasteiger partial charge in [-0.15, -0.1) is 0 Å². The first-order valence-corrected chi connectivity index (χ1v) is 6.76. The van der Waals surface area contributed by atoms with Crippen molar-refractivity contribution < 1.29 is 14.7 Å². The molecule has 0 bridgehead atoms. The van der Waals surface area contributed by atoms with Crippen LogP contribution in [0.2, 0.25) is 0 Å². The van der Waals surface area contributed by atoms with Crippen molar-refractivity contribution in [2.75, 3.05) is 0 Å². The zero-order valence-corrected chi connectivity index (χ0v) is 13.0. The minimum atomic E-state index is -0.914. The summed E-state index contributed by atoms with van der Waals surface area (Å²) in [4.78, 5) is 23.1. The number of rotatable bonds is 4. The number of hydrogen-bond acceptors (Lipinski definition) is 2. The van der Waals surface area contributed by atoms with Crippen LogP contribution in [0.1, 0.15) is 51.5 Å². The molecule has 0 spiro atoms. The summed E-state index contributed by atoms with van der Waals surface area (Å²) in [5.41, 5.74) is 6.03. The minimum absolute atomic E-state index is 0.0757. The summed E-state index contributed by atoms with van der Waals surface area (Å²) in [5, 5.41) is 11.5. The highest BCUT2D eigenvalue weighted by atomic mass is 16.4. The van der Waals surface area contributed by atoms with Crippen LogP contribution >= 0.6 is 0 Å². The number of carbonyl (C=O) groups is 2. The van der Waals surface area contributed by atoms with Crippen molar-refractivity contribution in [2.24, 2.45) is 0 Å². The molecule has 1 unspecified atom stereocenters. The van der Waals surface area contributed by atoms with E-state index in [1.165, 1.54) is 5.56 Å². The number of nitrogens with one attached hydrogen (secondary N) is 1. The van der Waals surface area contributed by atoms with E-state index in [0.29, 0.717) is 5.56 Å². The van der Waals surface area contributed by atoms with Gasteiger partial charge in [-0.05, 0) is 69.4 Å². The summed E-state index contributed by atoms with van der Waals surface area (Å²) in [7, 11) is 0. The van der Waals surface area contributed by atoms with Crippen molar-refractivity contribution in [3.8, 4) is 0 Å². The van der Waals surface area contributed by atoms with Crippen molar-refractivity contribution in [3.63, 3.8) is 0 Å². The molecule has 0 aliphatic carbocycles. The molecule has 2 N–H and O–H groups in total. The molecule has 1 aromatic carbocycles. The van der Waals surface area contributed by atoms with Crippen LogP contribution in [0.15, 0.2) is 0 Å². The van der Waals surface area contributed by atoms with E-state index in [-0.39, 0.29) is 18.4 Å². The molecule has 0 fully saturated rings. The first kappa shape index (κ1) is 16.2. The summed E-state index contributed by atoms with van der Waals surface area (Å²) in [5.74, 6) is -1.11. The first-order valence-electron chi connectivity index (χ1n) is 6.76. The number of aliphatic carboxylic acids is 1. The molecule has 0 saturated heterocycles. The fraction of sp³-hybridized carbons (Fsp3) is 0.500. The monoisotopic (exact) mass is 277 g/mol. The lowest BCUT2D eigenvalue weighted by Crippen LogP contribution is -2.35. The van der Waals surface area contributed by atoms with E-state index < -0.39 is 5.97 Å². The van der Waals surface area contributed by atoms with Gasteiger partial charge in [0.05, 0.1) is 6.42 Å². The smallest absolute Gasteiger partial charge is 0.305 e. The van der Waals surface area contributed by atoms with Crippen molar-refractivity contribution in [2.45, 2.75) is 54.0 Å². The summed E-state index contributed by atoms with van der Waals surface area (Å²) in [6.07, 6.45) is -0.0757. The topological polar surface area (TPSA) is 66.4 Å². The second kappa shape index (κ2) is 6.07. The molecule has 0 saturated carbocycles. The zero-order valence-electron chi connectivity index (χ0n) is 13.0. The minimum Gasteiger partial charge on any atom is -0.481 e. The van der Waals surface area contributed by atoms with Crippen LogP contribution in [0, 0.1) is 34.6 Å². The van der Waals surface area contributed by atoms with Crippen LogP contribution in [0.25, 0.3) is 0 Å². The Morgan fingerprint density at radius 1 is 0.950 bits per heavy atom. The van der Waals surface area contributed by atoms with Crippen LogP contribution in [0.3, 0.4) is 0 Å². The first-order chi connectivity index (χ1) is 9.16. The van der Waals surface area contributed by atoms with Gasteiger partial charge in [-0.1, -0.05) is 0 Å². The van der Waals surface area contributed by atoms with Gasteiger partial charge in [0.2, 0.25) is 0 Å². The maximum absolute atomic E-state index is 12.4. The lowest BCUT2D eigenvalue weighted by molar-refractivity contribution is -0.137. The summed E-state index contributed by atoms with van der Waals surface area (Å²) >= 11 is 0. The Labute approximate surface area is 120 Å². The maximum Gasteiger partial charge on any atom is 0.305 e. The van der Waals surface area contributed by atoms with Crippen LogP contribution in [-0.2, 0) is 4.79 Å². The third-order valence-corrected chi connectivity index (χ3v) is 4.09. The van der Waals surface area contributed by atoms with E-state index in [2.05, 4.69) is 12.2 Å². The van der Waals surface area contributed by atoms with Gasteiger partial charge >= 0.3 is 5.97 Å². The predicted molar refractivity (Wildman–Crippen MR) is 79.3 cm³/mol. The van der Waals surface area contributed by atoms with Crippen LogP contribution in [-0.4, -0.2) is 23.0 Å². The number of carboxylic acid groups (broad SMARTS) is 1. The van der Waals surface area contributed by atoms with Gasteiger partial charge in [0, 0.05) is 11.6 Å². The quantitative estimate of drug-likeness (QED) is 0.889. The Kier molecular flexibility index (Phi) is 4.93. The fourth-order valence-corrected chi connectivity index (χ4v) is 2.45. The second-order valence-electron chi connectivity index (χ2n) is 5.47. The van der Waals surface area contributed by atoms with Gasteiger partial charge in [-0.25, -0.2) is 0 Å². The van der Waals surface area contributed by atoms with E-state index in [1.807, 2.05) is 27.7 Å². The molecular formula is C16H23NO3. The molecule has 1 rings (SSSR count). The molecule has 0 radical (unpaired) electrons. The van der Waals surface area contributed by atoms with Crippen LogP contribution in [0.5, 0.6) is 0 Å². The number of carbonyl (C=O) groups excluding carboxylic acids is 1. The molecule has 4 nitrogen and oxygen atoms in total. The van der Waals surface area contributed by atoms with Gasteiger partial charge in [0.15, 0.2) is 0 Å². The molecule has 0 heterocycles. The predicted octanol–water partition coefficient (Wildman–Crippen LogP) is 2.82. The number of carboxylic acids is 1. The number of hydrogen-bond donors (Lipinski definition) is 2. The Morgan fingerprint density at radius 3 is 1.75 bits per heavy atom. The van der Waals surface area contributed by atoms with Gasteiger partial charge in [0.1, 0.15) is 0 Å². The second-order valence-corrected chi connectivity index (χ2v) is 5.47. The summed E-state index contributed by atoms with van der Waals surface area (Å²) in [6, 6.07) is -0.388. The average molecular weight is 277 g/mol. The highest BCUT2D eigenvalue weighted by Crippen LogP contribution is 2.26. The maximum atomic E-state index is 12.4. The average Bonchev–Trinajstić information content (AvgIpc) is 2.33. The molecule has 0 aliphatic rings. The van der Waals surface area contributed by atoms with Gasteiger partial charge < -0.3 is 10.4 Å². The zero-order chi connectivity index (χ0) is 15.6. The van der Waals surface area contributed by atoms with Gasteiger partial charge in [-0.2, -0.15) is 0 Å². The molecule has 0 aliphatic heterocycles. The largest absolute Gasteiger partial charge is 0.481 e. The van der Waals surface area contributed by atoms with Gasteiger partial charge in [-0.3, -0.25) is 9.59 Å². The van der Waals surface area contributed by atoms with Crippen molar-refractivity contribution in [1.29, 1.82) is 0 Å². The van der Waals surface area contributed by atoms with E-state index in [0.717, 1.165) is 22.3 Å². The molecule has 1 atom stereocenters. The van der Waals surface area contributed by atoms with Crippen molar-refractivity contribution >= 4 is 11.9 Å². The number of amides is 1. The molecule has 1 aromatic rings. The number of benzene rings is 1. The summed E-state index contributed by atoms with van der Waals surface area (Å²) in [6.45, 7) is 11.6. The van der Waals surface area contributed by atoms with E-state index in [1.54, 1.807) is 6.92 Å². The van der Waals surface area contributed by atoms with E-state index in [9.17, 15) is 9.59 Å². The van der Waals surface area contributed by atoms with E-state index >= 15 is 0 Å². The molecule has 4 heteroatoms. The lowest BCUT2D eigenvalue weighted by atomic mass is 9.89. The Hall–Kier alpha value is -1.84. The van der Waals surface area contributed by atoms with E-state index in [4.69, 9.17) is 5.11 Å². The standard InChI is InChI=1S/C16H23NO3/c1-8(7-14(18)19)17-16(20)15-12(5)10(3)9(2)11(4)13(15)6/h8H,7H2,1-6H3,(H,17,20)(H,18,19).